The number of hydrogen-bond donors (Lipinski definition) is 1. The average molecular weight is 429 g/mol. The molecule has 4 aromatic rings. The summed E-state index contributed by atoms with van der Waals surface area (Å²) in [5.74, 6) is -1.57. The molecule has 0 atom stereocenters. The van der Waals surface area contributed by atoms with Crippen molar-refractivity contribution in [2.24, 2.45) is 0 Å². The second-order valence-corrected chi connectivity index (χ2v) is 7.49. The van der Waals surface area contributed by atoms with Gasteiger partial charge in [-0.25, -0.2) is 18.7 Å². The van der Waals surface area contributed by atoms with E-state index in [1.165, 1.54) is 28.7 Å². The molecule has 2 aromatic carbocycles. The molecule has 1 N–H and O–H groups in total. The molecule has 0 bridgehead atoms. The number of carbonyl (C=O) groups excluding carboxylic acids is 1. The van der Waals surface area contributed by atoms with E-state index in [1.807, 2.05) is 5.38 Å². The molecular weight excluding hydrogens is 416 g/mol. The standard InChI is InChI=1S/C20H13F2N3O2S2/c21-16-6-3-13(7-17(16)22)18-10-29-20(24-18)25-19(26)12-1-4-15(5-2-12)27-8-14-9-28-11-23-14/h1-7,9-11H,8H2,(H,24,25,26). The normalized spacial score (nSPS) is 10.7. The summed E-state index contributed by atoms with van der Waals surface area (Å²) in [7, 11) is 0. The highest BCUT2D eigenvalue weighted by Crippen LogP contribution is 2.26. The molecule has 4 rings (SSSR count). The Kier molecular flexibility index (Phi) is 5.59. The molecule has 0 aliphatic heterocycles. The van der Waals surface area contributed by atoms with Gasteiger partial charge in [0.15, 0.2) is 16.8 Å². The molecule has 9 heteroatoms. The van der Waals surface area contributed by atoms with Crippen molar-refractivity contribution in [2.45, 2.75) is 6.61 Å². The molecule has 0 saturated heterocycles. The zero-order valence-electron chi connectivity index (χ0n) is 14.8. The third kappa shape index (κ3) is 4.64. The van der Waals surface area contributed by atoms with Gasteiger partial charge in [0.25, 0.3) is 5.91 Å². The van der Waals surface area contributed by atoms with E-state index >= 15 is 0 Å². The van der Waals surface area contributed by atoms with Crippen LogP contribution in [0.1, 0.15) is 16.1 Å². The Balaban J connectivity index is 1.39. The van der Waals surface area contributed by atoms with Crippen LogP contribution in [-0.4, -0.2) is 15.9 Å². The Morgan fingerprint density at radius 1 is 1.07 bits per heavy atom. The number of nitrogens with zero attached hydrogens (tertiary/aromatic N) is 2. The topological polar surface area (TPSA) is 64.1 Å². The van der Waals surface area contributed by atoms with Gasteiger partial charge in [0.1, 0.15) is 12.4 Å². The van der Waals surface area contributed by atoms with Crippen molar-refractivity contribution in [3.63, 3.8) is 0 Å². The van der Waals surface area contributed by atoms with E-state index in [1.54, 1.807) is 35.2 Å². The van der Waals surface area contributed by atoms with Crippen LogP contribution in [0.15, 0.2) is 58.7 Å². The first-order valence-corrected chi connectivity index (χ1v) is 10.2. The van der Waals surface area contributed by atoms with Gasteiger partial charge in [0.2, 0.25) is 0 Å². The number of nitrogens with one attached hydrogen (secondary N) is 1. The molecule has 146 valence electrons. The Labute approximate surface area is 172 Å². The van der Waals surface area contributed by atoms with Crippen LogP contribution in [0.2, 0.25) is 0 Å². The largest absolute Gasteiger partial charge is 0.487 e. The minimum Gasteiger partial charge on any atom is -0.487 e. The number of benzene rings is 2. The molecular formula is C20H13F2N3O2S2. The number of rotatable bonds is 6. The minimum atomic E-state index is -0.946. The SMILES string of the molecule is O=C(Nc1nc(-c2ccc(F)c(F)c2)cs1)c1ccc(OCc2cscn2)cc1. The number of thiazole rings is 2. The highest BCUT2D eigenvalue weighted by molar-refractivity contribution is 7.14. The Morgan fingerprint density at radius 2 is 1.90 bits per heavy atom. The van der Waals surface area contributed by atoms with Crippen molar-refractivity contribution >= 4 is 33.7 Å². The van der Waals surface area contributed by atoms with Crippen molar-refractivity contribution in [3.05, 3.63) is 81.6 Å². The predicted octanol–water partition coefficient (Wildman–Crippen LogP) is 5.38. The Morgan fingerprint density at radius 3 is 2.62 bits per heavy atom. The van der Waals surface area contributed by atoms with Crippen molar-refractivity contribution in [2.75, 3.05) is 5.32 Å². The molecule has 5 nitrogen and oxygen atoms in total. The predicted molar refractivity (Wildman–Crippen MR) is 108 cm³/mol. The quantitative estimate of drug-likeness (QED) is 0.447. The number of anilines is 1. The lowest BCUT2D eigenvalue weighted by molar-refractivity contribution is 0.102. The third-order valence-electron chi connectivity index (χ3n) is 3.93. The zero-order chi connectivity index (χ0) is 20.2. The molecule has 1 amide bonds. The van der Waals surface area contributed by atoms with Gasteiger partial charge in [-0.2, -0.15) is 0 Å². The van der Waals surface area contributed by atoms with Crippen LogP contribution in [0.4, 0.5) is 13.9 Å². The maximum absolute atomic E-state index is 13.4. The van der Waals surface area contributed by atoms with E-state index < -0.39 is 11.6 Å². The molecule has 0 saturated carbocycles. The van der Waals surface area contributed by atoms with Gasteiger partial charge in [-0.05, 0) is 42.5 Å². The van der Waals surface area contributed by atoms with E-state index in [9.17, 15) is 13.6 Å². The summed E-state index contributed by atoms with van der Waals surface area (Å²) >= 11 is 2.70. The number of amides is 1. The van der Waals surface area contributed by atoms with E-state index in [2.05, 4.69) is 15.3 Å². The highest BCUT2D eigenvalue weighted by atomic mass is 32.1. The number of aromatic nitrogens is 2. The summed E-state index contributed by atoms with van der Waals surface area (Å²) < 4.78 is 32.1. The summed E-state index contributed by atoms with van der Waals surface area (Å²) in [6.45, 7) is 0.362. The lowest BCUT2D eigenvalue weighted by Crippen LogP contribution is -2.11. The van der Waals surface area contributed by atoms with Crippen molar-refractivity contribution in [1.82, 2.24) is 9.97 Å². The molecule has 0 unspecified atom stereocenters. The van der Waals surface area contributed by atoms with Crippen LogP contribution in [-0.2, 0) is 6.61 Å². The van der Waals surface area contributed by atoms with Crippen molar-refractivity contribution in [1.29, 1.82) is 0 Å². The first-order valence-electron chi connectivity index (χ1n) is 8.41. The highest BCUT2D eigenvalue weighted by Gasteiger charge is 2.12. The average Bonchev–Trinajstić information content (AvgIpc) is 3.41. The summed E-state index contributed by atoms with van der Waals surface area (Å²) in [6, 6.07) is 10.3. The van der Waals surface area contributed by atoms with Gasteiger partial charge >= 0.3 is 0 Å². The van der Waals surface area contributed by atoms with Gasteiger partial charge in [0.05, 0.1) is 16.9 Å². The van der Waals surface area contributed by atoms with Crippen molar-refractivity contribution < 1.29 is 18.3 Å². The van der Waals surface area contributed by atoms with Crippen LogP contribution < -0.4 is 10.1 Å². The number of halogens is 2. The minimum absolute atomic E-state index is 0.331. The summed E-state index contributed by atoms with van der Waals surface area (Å²) in [4.78, 5) is 20.8. The molecule has 29 heavy (non-hydrogen) atoms. The fourth-order valence-corrected chi connectivity index (χ4v) is 3.71. The number of ether oxygens (including phenoxy) is 1. The fraction of sp³-hybridized carbons (Fsp3) is 0.0500. The maximum atomic E-state index is 13.4. The first-order chi connectivity index (χ1) is 14.1. The van der Waals surface area contributed by atoms with E-state index in [-0.39, 0.29) is 5.91 Å². The Bertz CT molecular complexity index is 1130. The van der Waals surface area contributed by atoms with Gasteiger partial charge in [-0.1, -0.05) is 0 Å². The van der Waals surface area contributed by atoms with E-state index in [0.717, 1.165) is 17.8 Å². The fourth-order valence-electron chi connectivity index (χ4n) is 2.46. The maximum Gasteiger partial charge on any atom is 0.257 e. The summed E-state index contributed by atoms with van der Waals surface area (Å²) in [5.41, 5.74) is 3.91. The summed E-state index contributed by atoms with van der Waals surface area (Å²) in [6.07, 6.45) is 0. The van der Waals surface area contributed by atoms with Gasteiger partial charge in [-0.3, -0.25) is 10.1 Å². The monoisotopic (exact) mass is 429 g/mol. The molecule has 2 heterocycles. The zero-order valence-corrected chi connectivity index (χ0v) is 16.4. The smallest absolute Gasteiger partial charge is 0.257 e. The molecule has 0 radical (unpaired) electrons. The van der Waals surface area contributed by atoms with Gasteiger partial charge in [0, 0.05) is 21.9 Å². The second kappa shape index (κ2) is 8.46. The van der Waals surface area contributed by atoms with Gasteiger partial charge < -0.3 is 4.74 Å². The van der Waals surface area contributed by atoms with Crippen LogP contribution in [0.5, 0.6) is 5.75 Å². The van der Waals surface area contributed by atoms with Crippen LogP contribution in [0, 0.1) is 11.6 Å². The van der Waals surface area contributed by atoms with Gasteiger partial charge in [-0.15, -0.1) is 22.7 Å². The third-order valence-corrected chi connectivity index (χ3v) is 5.32. The second-order valence-electron chi connectivity index (χ2n) is 5.91. The molecule has 0 aliphatic rings. The summed E-state index contributed by atoms with van der Waals surface area (Å²) in [5, 5.41) is 6.63. The van der Waals surface area contributed by atoms with Crippen molar-refractivity contribution in [3.8, 4) is 17.0 Å². The van der Waals surface area contributed by atoms with E-state index in [0.29, 0.717) is 34.3 Å². The van der Waals surface area contributed by atoms with Crippen LogP contribution >= 0.6 is 22.7 Å². The van der Waals surface area contributed by atoms with Crippen LogP contribution in [0.25, 0.3) is 11.3 Å². The number of carbonyl (C=O) groups is 1. The molecule has 0 aliphatic carbocycles. The molecule has 0 fully saturated rings. The van der Waals surface area contributed by atoms with Crippen LogP contribution in [0.3, 0.4) is 0 Å². The lowest BCUT2D eigenvalue weighted by Gasteiger charge is -2.06. The molecule has 2 aromatic heterocycles. The van der Waals surface area contributed by atoms with E-state index in [4.69, 9.17) is 4.74 Å². The molecule has 0 spiro atoms. The number of hydrogen-bond acceptors (Lipinski definition) is 6. The lowest BCUT2D eigenvalue weighted by atomic mass is 10.2. The first kappa shape index (κ1) is 19.2. The Hall–Kier alpha value is -3.17.